The van der Waals surface area contributed by atoms with E-state index in [9.17, 15) is 0 Å². The maximum atomic E-state index is 5.63. The van der Waals surface area contributed by atoms with Crippen LogP contribution in [0.25, 0.3) is 0 Å². The highest BCUT2D eigenvalue weighted by Gasteiger charge is 2.00. The molecule has 0 spiro atoms. The summed E-state index contributed by atoms with van der Waals surface area (Å²) in [7, 11) is 0. The van der Waals surface area contributed by atoms with Gasteiger partial charge in [0.15, 0.2) is 0 Å². The van der Waals surface area contributed by atoms with E-state index in [4.69, 9.17) is 4.74 Å². The summed E-state index contributed by atoms with van der Waals surface area (Å²) in [6, 6.07) is 6.05. The molecule has 1 nitrogen and oxygen atoms in total. The predicted molar refractivity (Wildman–Crippen MR) is 63.4 cm³/mol. The summed E-state index contributed by atoms with van der Waals surface area (Å²) in [5.41, 5.74) is 1.21. The van der Waals surface area contributed by atoms with E-state index in [1.165, 1.54) is 5.56 Å². The van der Waals surface area contributed by atoms with Gasteiger partial charge in [0.05, 0.1) is 6.61 Å². The van der Waals surface area contributed by atoms with Crippen molar-refractivity contribution in [1.29, 1.82) is 0 Å². The first-order valence-corrected chi connectivity index (χ1v) is 5.46. The van der Waals surface area contributed by atoms with Crippen molar-refractivity contribution in [2.75, 3.05) is 6.61 Å². The van der Waals surface area contributed by atoms with E-state index < -0.39 is 0 Å². The van der Waals surface area contributed by atoms with E-state index in [2.05, 4.69) is 33.4 Å². The van der Waals surface area contributed by atoms with Crippen molar-refractivity contribution in [3.8, 4) is 5.75 Å². The van der Waals surface area contributed by atoms with Gasteiger partial charge in [-0.2, -0.15) is 0 Å². The maximum Gasteiger partial charge on any atom is 0.132 e. The monoisotopic (exact) mass is 210 g/mol. The second kappa shape index (κ2) is 5.30. The lowest BCUT2D eigenvalue weighted by atomic mass is 10.1. The Bertz CT molecular complexity index is 294. The number of hydrogen-bond acceptors (Lipinski definition) is 2. The van der Waals surface area contributed by atoms with Crippen LogP contribution >= 0.6 is 12.6 Å². The van der Waals surface area contributed by atoms with Crippen molar-refractivity contribution in [3.63, 3.8) is 0 Å². The lowest BCUT2D eigenvalue weighted by molar-refractivity contribution is 0.283. The summed E-state index contributed by atoms with van der Waals surface area (Å²) < 4.78 is 5.63. The summed E-state index contributed by atoms with van der Waals surface area (Å²) in [5.74, 6) is 1.57. The highest BCUT2D eigenvalue weighted by Crippen LogP contribution is 2.23. The predicted octanol–water partition coefficient (Wildman–Crippen LogP) is 3.71. The number of benzene rings is 1. The lowest BCUT2D eigenvalue weighted by Crippen LogP contribution is -2.01. The third-order valence-corrected chi connectivity index (χ3v) is 2.42. The van der Waals surface area contributed by atoms with Crippen molar-refractivity contribution >= 4 is 12.6 Å². The smallest absolute Gasteiger partial charge is 0.132 e. The molecule has 0 aliphatic carbocycles. The first-order valence-electron chi connectivity index (χ1n) is 5.02. The highest BCUT2D eigenvalue weighted by molar-refractivity contribution is 7.80. The SMILES string of the molecule is Cc1ccc(OCCC(C)C)c(S)c1. The fourth-order valence-electron chi connectivity index (χ4n) is 1.15. The molecule has 78 valence electrons. The molecule has 1 aromatic carbocycles. The van der Waals surface area contributed by atoms with Gasteiger partial charge in [0.1, 0.15) is 5.75 Å². The number of ether oxygens (including phenoxy) is 1. The first-order chi connectivity index (χ1) is 6.59. The Hall–Kier alpha value is -0.630. The molecule has 0 saturated heterocycles. The van der Waals surface area contributed by atoms with Gasteiger partial charge in [-0.3, -0.25) is 0 Å². The summed E-state index contributed by atoms with van der Waals surface area (Å²) in [6.45, 7) is 7.21. The molecular formula is C12H18OS. The van der Waals surface area contributed by atoms with Gasteiger partial charge in [-0.25, -0.2) is 0 Å². The molecule has 14 heavy (non-hydrogen) atoms. The van der Waals surface area contributed by atoms with Gasteiger partial charge in [-0.15, -0.1) is 12.6 Å². The van der Waals surface area contributed by atoms with Crippen LogP contribution in [0, 0.1) is 12.8 Å². The molecule has 0 amide bonds. The summed E-state index contributed by atoms with van der Waals surface area (Å²) in [5, 5.41) is 0. The normalized spacial score (nSPS) is 10.6. The highest BCUT2D eigenvalue weighted by atomic mass is 32.1. The molecule has 0 bridgehead atoms. The molecule has 2 heteroatoms. The van der Waals surface area contributed by atoms with Crippen LogP contribution in [-0.4, -0.2) is 6.61 Å². The zero-order chi connectivity index (χ0) is 10.6. The van der Waals surface area contributed by atoms with E-state index in [0.717, 1.165) is 23.7 Å². The van der Waals surface area contributed by atoms with Crippen LogP contribution in [0.2, 0.25) is 0 Å². The third kappa shape index (κ3) is 3.62. The van der Waals surface area contributed by atoms with Crippen molar-refractivity contribution < 1.29 is 4.74 Å². The summed E-state index contributed by atoms with van der Waals surface area (Å²) in [6.07, 6.45) is 1.08. The Morgan fingerprint density at radius 2 is 2.07 bits per heavy atom. The van der Waals surface area contributed by atoms with Crippen LogP contribution < -0.4 is 4.74 Å². The average molecular weight is 210 g/mol. The molecule has 0 unspecified atom stereocenters. The molecule has 0 fully saturated rings. The van der Waals surface area contributed by atoms with E-state index in [1.54, 1.807) is 0 Å². The minimum Gasteiger partial charge on any atom is -0.492 e. The van der Waals surface area contributed by atoms with Gasteiger partial charge >= 0.3 is 0 Å². The van der Waals surface area contributed by atoms with Gasteiger partial charge < -0.3 is 4.74 Å². The van der Waals surface area contributed by atoms with Gasteiger partial charge in [0.25, 0.3) is 0 Å². The summed E-state index contributed by atoms with van der Waals surface area (Å²) in [4.78, 5) is 0.925. The third-order valence-electron chi connectivity index (χ3n) is 2.07. The van der Waals surface area contributed by atoms with Gasteiger partial charge in [-0.05, 0) is 37.0 Å². The Balaban J connectivity index is 2.51. The maximum absolute atomic E-state index is 5.63. The second-order valence-corrected chi connectivity index (χ2v) is 4.48. The molecule has 1 aromatic rings. The van der Waals surface area contributed by atoms with Crippen molar-refractivity contribution in [3.05, 3.63) is 23.8 Å². The minimum atomic E-state index is 0.684. The molecule has 0 aromatic heterocycles. The zero-order valence-electron chi connectivity index (χ0n) is 9.08. The van der Waals surface area contributed by atoms with Crippen molar-refractivity contribution in [2.24, 2.45) is 5.92 Å². The quantitative estimate of drug-likeness (QED) is 0.745. The molecule has 0 aliphatic heterocycles. The zero-order valence-corrected chi connectivity index (χ0v) is 9.97. The number of thiol groups is 1. The number of hydrogen-bond donors (Lipinski definition) is 1. The fourth-order valence-corrected chi connectivity index (χ4v) is 1.50. The van der Waals surface area contributed by atoms with E-state index >= 15 is 0 Å². The largest absolute Gasteiger partial charge is 0.492 e. The molecular weight excluding hydrogens is 192 g/mol. The molecule has 0 aliphatic rings. The van der Waals surface area contributed by atoms with Crippen LogP contribution in [0.5, 0.6) is 5.75 Å². The molecule has 0 atom stereocenters. The van der Waals surface area contributed by atoms with E-state index in [0.29, 0.717) is 5.92 Å². The van der Waals surface area contributed by atoms with Crippen LogP contribution in [0.1, 0.15) is 25.8 Å². The molecule has 0 N–H and O–H groups in total. The fraction of sp³-hybridized carbons (Fsp3) is 0.500. The molecule has 0 saturated carbocycles. The molecule has 0 heterocycles. The first kappa shape index (κ1) is 11.4. The van der Waals surface area contributed by atoms with Crippen molar-refractivity contribution in [1.82, 2.24) is 0 Å². The van der Waals surface area contributed by atoms with Crippen LogP contribution in [0.4, 0.5) is 0 Å². The Kier molecular flexibility index (Phi) is 4.33. The van der Waals surface area contributed by atoms with Crippen LogP contribution in [-0.2, 0) is 0 Å². The number of aryl methyl sites for hydroxylation is 1. The Morgan fingerprint density at radius 1 is 1.36 bits per heavy atom. The topological polar surface area (TPSA) is 9.23 Å². The second-order valence-electron chi connectivity index (χ2n) is 4.00. The standard InChI is InChI=1S/C12H18OS/c1-9(2)6-7-13-11-5-4-10(3)8-12(11)14/h4-5,8-9,14H,6-7H2,1-3H3. The minimum absolute atomic E-state index is 0.684. The van der Waals surface area contributed by atoms with Crippen LogP contribution in [0.15, 0.2) is 23.1 Å². The van der Waals surface area contributed by atoms with E-state index in [1.807, 2.05) is 18.2 Å². The van der Waals surface area contributed by atoms with Crippen LogP contribution in [0.3, 0.4) is 0 Å². The number of rotatable bonds is 4. The van der Waals surface area contributed by atoms with Crippen molar-refractivity contribution in [2.45, 2.75) is 32.1 Å². The van der Waals surface area contributed by atoms with Gasteiger partial charge in [0, 0.05) is 4.90 Å². The van der Waals surface area contributed by atoms with Gasteiger partial charge in [-0.1, -0.05) is 19.9 Å². The molecule has 0 radical (unpaired) electrons. The van der Waals surface area contributed by atoms with Gasteiger partial charge in [0.2, 0.25) is 0 Å². The summed E-state index contributed by atoms with van der Waals surface area (Å²) >= 11 is 4.37. The average Bonchev–Trinajstić information content (AvgIpc) is 2.08. The van der Waals surface area contributed by atoms with E-state index in [-0.39, 0.29) is 0 Å². The Labute approximate surface area is 91.9 Å². The molecule has 1 rings (SSSR count). The Morgan fingerprint density at radius 3 is 2.64 bits per heavy atom. The lowest BCUT2D eigenvalue weighted by Gasteiger charge is -2.10.